The Morgan fingerprint density at radius 1 is 1.44 bits per heavy atom. The first-order valence-corrected chi connectivity index (χ1v) is 6.36. The molecule has 0 fully saturated rings. The molecule has 1 aromatic carbocycles. The fourth-order valence-electron chi connectivity index (χ4n) is 1.68. The van der Waals surface area contributed by atoms with Gasteiger partial charge < -0.3 is 10.1 Å². The Morgan fingerprint density at radius 2 is 2.22 bits per heavy atom. The number of hydrogen-bond acceptors (Lipinski definition) is 3. The molecule has 18 heavy (non-hydrogen) atoms. The summed E-state index contributed by atoms with van der Waals surface area (Å²) in [4.78, 5) is 11.8. The lowest BCUT2D eigenvalue weighted by atomic mass is 10.1. The quantitative estimate of drug-likeness (QED) is 0.757. The van der Waals surface area contributed by atoms with Gasteiger partial charge in [-0.2, -0.15) is 0 Å². The largest absolute Gasteiger partial charge is 0.464 e. The molecule has 1 unspecified atom stereocenters. The Labute approximate surface area is 107 Å². The Morgan fingerprint density at radius 3 is 2.83 bits per heavy atom. The topological polar surface area (TPSA) is 38.3 Å². The monoisotopic (exact) mass is 253 g/mol. The van der Waals surface area contributed by atoms with Crippen LogP contribution >= 0.6 is 0 Å². The van der Waals surface area contributed by atoms with Crippen molar-refractivity contribution >= 4 is 11.7 Å². The van der Waals surface area contributed by atoms with Crippen LogP contribution in [-0.4, -0.2) is 18.6 Å². The van der Waals surface area contributed by atoms with Crippen LogP contribution in [0.15, 0.2) is 24.3 Å². The molecule has 1 N–H and O–H groups in total. The zero-order chi connectivity index (χ0) is 13.4. The van der Waals surface area contributed by atoms with Crippen molar-refractivity contribution in [2.24, 2.45) is 0 Å². The van der Waals surface area contributed by atoms with E-state index in [0.29, 0.717) is 18.7 Å². The number of nitrogens with one attached hydrogen (secondary N) is 1. The van der Waals surface area contributed by atoms with Crippen molar-refractivity contribution in [3.05, 3.63) is 30.1 Å². The van der Waals surface area contributed by atoms with Gasteiger partial charge in [-0.15, -0.1) is 0 Å². The van der Waals surface area contributed by atoms with Gasteiger partial charge in [-0.25, -0.2) is 9.18 Å². The predicted molar refractivity (Wildman–Crippen MR) is 70.0 cm³/mol. The molecule has 0 aliphatic carbocycles. The molecular formula is C14H20FNO2. The molecule has 1 atom stereocenters. The first-order valence-electron chi connectivity index (χ1n) is 6.36. The third-order valence-corrected chi connectivity index (χ3v) is 2.58. The van der Waals surface area contributed by atoms with Crippen LogP contribution in [0, 0.1) is 5.82 Å². The molecular weight excluding hydrogens is 233 g/mol. The molecule has 1 rings (SSSR count). The number of ether oxygens (including phenoxy) is 1. The third-order valence-electron chi connectivity index (χ3n) is 2.58. The zero-order valence-electron chi connectivity index (χ0n) is 10.9. The summed E-state index contributed by atoms with van der Waals surface area (Å²) in [5, 5.41) is 3.02. The maximum absolute atomic E-state index is 13.1. The highest BCUT2D eigenvalue weighted by Gasteiger charge is 2.18. The molecule has 0 spiro atoms. The maximum Gasteiger partial charge on any atom is 0.328 e. The normalized spacial score (nSPS) is 11.9. The number of carbonyl (C=O) groups excluding carboxylic acids is 1. The van der Waals surface area contributed by atoms with Crippen LogP contribution in [0.25, 0.3) is 0 Å². The molecule has 100 valence electrons. The Kier molecular flexibility index (Phi) is 6.19. The van der Waals surface area contributed by atoms with Gasteiger partial charge in [-0.05, 0) is 31.5 Å². The van der Waals surface area contributed by atoms with Crippen molar-refractivity contribution in [1.29, 1.82) is 0 Å². The first-order chi connectivity index (χ1) is 8.67. The van der Waals surface area contributed by atoms with E-state index in [1.165, 1.54) is 12.1 Å². The van der Waals surface area contributed by atoms with Crippen molar-refractivity contribution in [1.82, 2.24) is 0 Å². The SMILES string of the molecule is CCCCC(Nc1cccc(F)c1)C(=O)OCC. The minimum absolute atomic E-state index is 0.282. The molecule has 0 saturated heterocycles. The van der Waals surface area contributed by atoms with Crippen LogP contribution in [0.2, 0.25) is 0 Å². The fourth-order valence-corrected chi connectivity index (χ4v) is 1.68. The molecule has 3 nitrogen and oxygen atoms in total. The van der Waals surface area contributed by atoms with E-state index in [1.54, 1.807) is 19.1 Å². The highest BCUT2D eigenvalue weighted by molar-refractivity contribution is 5.79. The molecule has 0 saturated carbocycles. The minimum Gasteiger partial charge on any atom is -0.464 e. The lowest BCUT2D eigenvalue weighted by Gasteiger charge is -2.18. The van der Waals surface area contributed by atoms with Crippen molar-refractivity contribution < 1.29 is 13.9 Å². The molecule has 0 radical (unpaired) electrons. The second-order valence-corrected chi connectivity index (χ2v) is 4.10. The standard InChI is InChI=1S/C14H20FNO2/c1-3-5-9-13(14(17)18-4-2)16-12-8-6-7-11(15)10-12/h6-8,10,13,16H,3-5,9H2,1-2H3. The Balaban J connectivity index is 2.68. The number of halogens is 1. The molecule has 0 aromatic heterocycles. The average Bonchev–Trinajstić information content (AvgIpc) is 2.34. The van der Waals surface area contributed by atoms with Gasteiger partial charge in [0, 0.05) is 5.69 Å². The molecule has 0 amide bonds. The van der Waals surface area contributed by atoms with Crippen LogP contribution in [0.4, 0.5) is 10.1 Å². The second kappa shape index (κ2) is 7.69. The predicted octanol–water partition coefficient (Wildman–Crippen LogP) is 3.36. The van der Waals surface area contributed by atoms with Gasteiger partial charge in [0.25, 0.3) is 0 Å². The molecule has 0 bridgehead atoms. The van der Waals surface area contributed by atoms with Crippen LogP contribution in [0.5, 0.6) is 0 Å². The van der Waals surface area contributed by atoms with Gasteiger partial charge in [0.05, 0.1) is 6.61 Å². The number of esters is 1. The van der Waals surface area contributed by atoms with Gasteiger partial charge in [0.1, 0.15) is 11.9 Å². The van der Waals surface area contributed by atoms with Gasteiger partial charge in [0.15, 0.2) is 0 Å². The van der Waals surface area contributed by atoms with Gasteiger partial charge in [-0.3, -0.25) is 0 Å². The Hall–Kier alpha value is -1.58. The number of carbonyl (C=O) groups is 1. The fraction of sp³-hybridized carbons (Fsp3) is 0.500. The first kappa shape index (κ1) is 14.5. The lowest BCUT2D eigenvalue weighted by Crippen LogP contribution is -2.31. The van der Waals surface area contributed by atoms with Gasteiger partial charge in [-0.1, -0.05) is 25.8 Å². The number of benzene rings is 1. The number of hydrogen-bond donors (Lipinski definition) is 1. The van der Waals surface area contributed by atoms with Crippen LogP contribution in [0.1, 0.15) is 33.1 Å². The summed E-state index contributed by atoms with van der Waals surface area (Å²) >= 11 is 0. The molecule has 0 aliphatic heterocycles. The van der Waals surface area contributed by atoms with Gasteiger partial charge >= 0.3 is 5.97 Å². The van der Waals surface area contributed by atoms with E-state index in [0.717, 1.165) is 12.8 Å². The van der Waals surface area contributed by atoms with E-state index in [-0.39, 0.29) is 11.8 Å². The summed E-state index contributed by atoms with van der Waals surface area (Å²) < 4.78 is 18.1. The van der Waals surface area contributed by atoms with E-state index in [1.807, 2.05) is 0 Å². The van der Waals surface area contributed by atoms with E-state index in [4.69, 9.17) is 4.74 Å². The van der Waals surface area contributed by atoms with Crippen molar-refractivity contribution in [3.63, 3.8) is 0 Å². The van der Waals surface area contributed by atoms with E-state index in [9.17, 15) is 9.18 Å². The van der Waals surface area contributed by atoms with Crippen molar-refractivity contribution in [2.45, 2.75) is 39.2 Å². The van der Waals surface area contributed by atoms with Crippen molar-refractivity contribution in [3.8, 4) is 0 Å². The van der Waals surface area contributed by atoms with E-state index < -0.39 is 6.04 Å². The minimum atomic E-state index is -0.410. The van der Waals surface area contributed by atoms with Crippen LogP contribution < -0.4 is 5.32 Å². The average molecular weight is 253 g/mol. The summed E-state index contributed by atoms with van der Waals surface area (Å²) in [6, 6.07) is 5.68. The van der Waals surface area contributed by atoms with Gasteiger partial charge in [0.2, 0.25) is 0 Å². The highest BCUT2D eigenvalue weighted by atomic mass is 19.1. The molecule has 0 aliphatic rings. The molecule has 4 heteroatoms. The zero-order valence-corrected chi connectivity index (χ0v) is 10.9. The van der Waals surface area contributed by atoms with Crippen molar-refractivity contribution in [2.75, 3.05) is 11.9 Å². The highest BCUT2D eigenvalue weighted by Crippen LogP contribution is 2.14. The Bertz CT molecular complexity index is 382. The summed E-state index contributed by atoms with van der Waals surface area (Å²) in [5.74, 6) is -0.603. The summed E-state index contributed by atoms with van der Waals surface area (Å²) in [6.45, 7) is 4.19. The summed E-state index contributed by atoms with van der Waals surface area (Å²) in [5.41, 5.74) is 0.601. The lowest BCUT2D eigenvalue weighted by molar-refractivity contribution is -0.144. The van der Waals surface area contributed by atoms with Crippen LogP contribution in [0.3, 0.4) is 0 Å². The third kappa shape index (κ3) is 4.73. The van der Waals surface area contributed by atoms with Crippen LogP contribution in [-0.2, 0) is 9.53 Å². The number of unbranched alkanes of at least 4 members (excludes halogenated alkanes) is 1. The smallest absolute Gasteiger partial charge is 0.328 e. The second-order valence-electron chi connectivity index (χ2n) is 4.10. The molecule has 1 aromatic rings. The van der Waals surface area contributed by atoms with E-state index >= 15 is 0 Å². The van der Waals surface area contributed by atoms with E-state index in [2.05, 4.69) is 12.2 Å². The summed E-state index contributed by atoms with van der Waals surface area (Å²) in [7, 11) is 0. The molecule has 0 heterocycles. The summed E-state index contributed by atoms with van der Waals surface area (Å²) in [6.07, 6.45) is 2.61. The number of anilines is 1. The maximum atomic E-state index is 13.1. The number of rotatable bonds is 7.